The van der Waals surface area contributed by atoms with E-state index in [2.05, 4.69) is 10.3 Å². The van der Waals surface area contributed by atoms with Gasteiger partial charge in [0.1, 0.15) is 0 Å². The molecule has 27 heavy (non-hydrogen) atoms. The summed E-state index contributed by atoms with van der Waals surface area (Å²) in [7, 11) is -3.86. The SMILES string of the molecule is Cc1ccc(NC(=O)c2cc(C3CC3)nc3ccccc23)cc1S(N)(=O)=O. The molecule has 3 aromatic rings. The van der Waals surface area contributed by atoms with Crippen LogP contribution in [0.25, 0.3) is 10.9 Å². The van der Waals surface area contributed by atoms with E-state index in [1.807, 2.05) is 30.3 Å². The van der Waals surface area contributed by atoms with Gasteiger partial charge in [0, 0.05) is 22.7 Å². The Labute approximate surface area is 157 Å². The highest BCUT2D eigenvalue weighted by Gasteiger charge is 2.27. The molecule has 0 atom stereocenters. The van der Waals surface area contributed by atoms with Crippen LogP contribution in [0.15, 0.2) is 53.4 Å². The number of aryl methyl sites for hydroxylation is 1. The number of primary sulfonamides is 1. The second kappa shape index (κ2) is 6.44. The lowest BCUT2D eigenvalue weighted by Gasteiger charge is -2.12. The number of anilines is 1. The number of benzene rings is 2. The Bertz CT molecular complexity index is 1170. The Balaban J connectivity index is 1.74. The molecule has 0 aliphatic heterocycles. The molecule has 0 radical (unpaired) electrons. The van der Waals surface area contributed by atoms with Crippen LogP contribution in [0, 0.1) is 6.92 Å². The summed E-state index contributed by atoms with van der Waals surface area (Å²) in [6.07, 6.45) is 2.17. The first-order valence-electron chi connectivity index (χ1n) is 8.67. The van der Waals surface area contributed by atoms with Gasteiger partial charge in [-0.15, -0.1) is 0 Å². The number of para-hydroxylation sites is 1. The zero-order chi connectivity index (χ0) is 19.2. The molecule has 1 fully saturated rings. The van der Waals surface area contributed by atoms with Crippen LogP contribution in [0.4, 0.5) is 5.69 Å². The quantitative estimate of drug-likeness (QED) is 0.724. The Morgan fingerprint density at radius 2 is 1.89 bits per heavy atom. The average Bonchev–Trinajstić information content (AvgIpc) is 3.46. The number of hydrogen-bond donors (Lipinski definition) is 2. The van der Waals surface area contributed by atoms with Gasteiger partial charge in [0.05, 0.1) is 16.0 Å². The van der Waals surface area contributed by atoms with Crippen LogP contribution in [0.5, 0.6) is 0 Å². The fourth-order valence-electron chi connectivity index (χ4n) is 3.15. The Morgan fingerprint density at radius 1 is 1.15 bits per heavy atom. The van der Waals surface area contributed by atoms with Crippen molar-refractivity contribution < 1.29 is 13.2 Å². The van der Waals surface area contributed by atoms with Gasteiger partial charge < -0.3 is 5.32 Å². The molecule has 138 valence electrons. The number of aromatic nitrogens is 1. The molecule has 1 heterocycles. The van der Waals surface area contributed by atoms with Gasteiger partial charge in [-0.05, 0) is 49.6 Å². The van der Waals surface area contributed by atoms with E-state index in [0.717, 1.165) is 29.4 Å². The molecule has 7 heteroatoms. The molecule has 1 amide bonds. The zero-order valence-electron chi connectivity index (χ0n) is 14.8. The summed E-state index contributed by atoms with van der Waals surface area (Å²) in [4.78, 5) is 17.6. The van der Waals surface area contributed by atoms with Crippen molar-refractivity contribution in [1.29, 1.82) is 0 Å². The lowest BCUT2D eigenvalue weighted by atomic mass is 10.1. The molecule has 0 spiro atoms. The van der Waals surface area contributed by atoms with Crippen LogP contribution in [-0.4, -0.2) is 19.3 Å². The summed E-state index contributed by atoms with van der Waals surface area (Å²) in [5.41, 5.74) is 3.14. The van der Waals surface area contributed by atoms with E-state index >= 15 is 0 Å². The van der Waals surface area contributed by atoms with Crippen molar-refractivity contribution in [2.45, 2.75) is 30.6 Å². The largest absolute Gasteiger partial charge is 0.322 e. The number of nitrogens with zero attached hydrogens (tertiary/aromatic N) is 1. The number of carbonyl (C=O) groups is 1. The molecular weight excluding hydrogens is 362 g/mol. The van der Waals surface area contributed by atoms with E-state index in [-0.39, 0.29) is 10.8 Å². The monoisotopic (exact) mass is 381 g/mol. The van der Waals surface area contributed by atoms with Crippen molar-refractivity contribution in [1.82, 2.24) is 4.98 Å². The van der Waals surface area contributed by atoms with Gasteiger partial charge in [0.2, 0.25) is 10.0 Å². The maximum atomic E-state index is 12.9. The fourth-order valence-corrected chi connectivity index (χ4v) is 3.96. The molecular formula is C20H19N3O3S. The van der Waals surface area contributed by atoms with Crippen molar-refractivity contribution in [3.05, 3.63) is 65.4 Å². The van der Waals surface area contributed by atoms with Crippen molar-refractivity contribution in [3.63, 3.8) is 0 Å². The van der Waals surface area contributed by atoms with Crippen molar-refractivity contribution in [2.75, 3.05) is 5.32 Å². The fraction of sp³-hybridized carbons (Fsp3) is 0.200. The second-order valence-electron chi connectivity index (χ2n) is 6.87. The molecule has 2 aromatic carbocycles. The van der Waals surface area contributed by atoms with Gasteiger partial charge in [-0.2, -0.15) is 0 Å². The topological polar surface area (TPSA) is 102 Å². The number of sulfonamides is 1. The summed E-state index contributed by atoms with van der Waals surface area (Å²) >= 11 is 0. The maximum absolute atomic E-state index is 12.9. The molecule has 1 aliphatic carbocycles. The lowest BCUT2D eigenvalue weighted by molar-refractivity contribution is 0.102. The summed E-state index contributed by atoms with van der Waals surface area (Å²) in [5.74, 6) is 0.106. The number of nitrogens with one attached hydrogen (secondary N) is 1. The first-order chi connectivity index (χ1) is 12.8. The van der Waals surface area contributed by atoms with E-state index < -0.39 is 10.0 Å². The highest BCUT2D eigenvalue weighted by molar-refractivity contribution is 7.89. The summed E-state index contributed by atoms with van der Waals surface area (Å²) < 4.78 is 23.4. The zero-order valence-corrected chi connectivity index (χ0v) is 15.6. The van der Waals surface area contributed by atoms with Gasteiger partial charge in [0.25, 0.3) is 5.91 Å². The first-order valence-corrected chi connectivity index (χ1v) is 10.2. The van der Waals surface area contributed by atoms with E-state index in [1.54, 1.807) is 19.1 Å². The van der Waals surface area contributed by atoms with Gasteiger partial charge in [-0.25, -0.2) is 13.6 Å². The Kier molecular flexibility index (Phi) is 4.20. The minimum Gasteiger partial charge on any atom is -0.322 e. The smallest absolute Gasteiger partial charge is 0.256 e. The van der Waals surface area contributed by atoms with E-state index in [4.69, 9.17) is 5.14 Å². The molecule has 4 rings (SSSR count). The molecule has 1 aliphatic rings. The number of hydrogen-bond acceptors (Lipinski definition) is 4. The molecule has 6 nitrogen and oxygen atoms in total. The van der Waals surface area contributed by atoms with Gasteiger partial charge >= 0.3 is 0 Å². The minimum absolute atomic E-state index is 0.00134. The Hall–Kier alpha value is -2.77. The minimum atomic E-state index is -3.86. The lowest BCUT2D eigenvalue weighted by Crippen LogP contribution is -2.16. The first kappa shape index (κ1) is 17.6. The number of nitrogens with two attached hydrogens (primary N) is 1. The van der Waals surface area contributed by atoms with Crippen LogP contribution in [-0.2, 0) is 10.0 Å². The third kappa shape index (κ3) is 3.56. The van der Waals surface area contributed by atoms with Gasteiger partial charge in [-0.1, -0.05) is 24.3 Å². The van der Waals surface area contributed by atoms with Gasteiger partial charge in [0.15, 0.2) is 0 Å². The molecule has 0 saturated heterocycles. The van der Waals surface area contributed by atoms with Crippen molar-refractivity contribution in [3.8, 4) is 0 Å². The Morgan fingerprint density at radius 3 is 2.59 bits per heavy atom. The van der Waals surface area contributed by atoms with E-state index in [0.29, 0.717) is 22.7 Å². The molecule has 3 N–H and O–H groups in total. The van der Waals surface area contributed by atoms with Crippen molar-refractivity contribution in [2.24, 2.45) is 5.14 Å². The summed E-state index contributed by atoms with van der Waals surface area (Å²) in [6, 6.07) is 14.0. The predicted molar refractivity (Wildman–Crippen MR) is 104 cm³/mol. The van der Waals surface area contributed by atoms with Crippen LogP contribution in [0.3, 0.4) is 0 Å². The van der Waals surface area contributed by atoms with Gasteiger partial charge in [-0.3, -0.25) is 9.78 Å². The van der Waals surface area contributed by atoms with E-state index in [1.165, 1.54) is 6.07 Å². The predicted octanol–water partition coefficient (Wildman–Crippen LogP) is 3.32. The van der Waals surface area contributed by atoms with Crippen LogP contribution >= 0.6 is 0 Å². The number of pyridine rings is 1. The molecule has 1 saturated carbocycles. The highest BCUT2D eigenvalue weighted by atomic mass is 32.2. The third-order valence-corrected chi connectivity index (χ3v) is 5.78. The second-order valence-corrected chi connectivity index (χ2v) is 8.40. The van der Waals surface area contributed by atoms with Crippen LogP contribution in [0.2, 0.25) is 0 Å². The highest BCUT2D eigenvalue weighted by Crippen LogP contribution is 2.40. The maximum Gasteiger partial charge on any atom is 0.256 e. The normalized spacial score (nSPS) is 14.3. The van der Waals surface area contributed by atoms with Crippen molar-refractivity contribution >= 4 is 32.5 Å². The summed E-state index contributed by atoms with van der Waals surface area (Å²) in [5, 5.41) is 8.81. The average molecular weight is 381 g/mol. The van der Waals surface area contributed by atoms with Crippen LogP contribution in [0.1, 0.15) is 40.4 Å². The number of rotatable bonds is 4. The number of carbonyl (C=O) groups excluding carboxylic acids is 1. The standard InChI is InChI=1S/C20H19N3O3S/c1-12-6-9-14(10-19(12)27(21,25)26)22-20(24)16-11-18(13-7-8-13)23-17-5-3-2-4-15(16)17/h2-6,9-11,13H,7-8H2,1H3,(H,22,24)(H2,21,25,26). The molecule has 1 aromatic heterocycles. The van der Waals surface area contributed by atoms with E-state index in [9.17, 15) is 13.2 Å². The molecule has 0 unspecified atom stereocenters. The van der Waals surface area contributed by atoms with Crippen LogP contribution < -0.4 is 10.5 Å². The number of fused-ring (bicyclic) bond motifs is 1. The summed E-state index contributed by atoms with van der Waals surface area (Å²) in [6.45, 7) is 1.66. The number of amides is 1. The third-order valence-electron chi connectivity index (χ3n) is 4.73. The molecule has 0 bridgehead atoms.